The van der Waals surface area contributed by atoms with Crippen LogP contribution in [0.15, 0.2) is 114 Å². The average molecular weight is 901 g/mol. The molecule has 7 rings (SSSR count). The summed E-state index contributed by atoms with van der Waals surface area (Å²) in [6, 6.07) is 35.7. The first kappa shape index (κ1) is 34.5. The minimum Gasteiger partial charge on any atom is -0.500 e. The molecule has 0 aliphatic carbocycles. The number of benzene rings is 4. The molecule has 0 spiro atoms. The fraction of sp³-hybridized carbons (Fsp3) is 0.277. The monoisotopic (exact) mass is 901 g/mol. The number of furan rings is 1. The van der Waals surface area contributed by atoms with E-state index in [1.807, 2.05) is 121 Å². The van der Waals surface area contributed by atoms with Gasteiger partial charge in [-0.05, 0) is 69.1 Å². The zero-order valence-corrected chi connectivity index (χ0v) is 35.3. The van der Waals surface area contributed by atoms with Crippen LogP contribution in [0.2, 0.25) is 19.6 Å². The topological polar surface area (TPSA) is 38.9 Å². The molecule has 0 fully saturated rings. The van der Waals surface area contributed by atoms with E-state index in [9.17, 15) is 4.39 Å². The minimum absolute atomic E-state index is 0. The summed E-state index contributed by atoms with van der Waals surface area (Å²) in [6.07, 6.45) is 2.07. The van der Waals surface area contributed by atoms with Gasteiger partial charge in [0.05, 0.1) is 13.7 Å². The van der Waals surface area contributed by atoms with E-state index in [1.54, 1.807) is 18.3 Å². The van der Waals surface area contributed by atoms with Gasteiger partial charge in [-0.3, -0.25) is 4.39 Å². The summed E-state index contributed by atoms with van der Waals surface area (Å²) in [6.45, 7) is 18.1. The van der Waals surface area contributed by atoms with E-state index in [-0.39, 0.29) is 25.9 Å². The molecule has 0 bridgehead atoms. The van der Waals surface area contributed by atoms with Crippen LogP contribution in [0.25, 0.3) is 44.5 Å². The van der Waals surface area contributed by atoms with Crippen LogP contribution in [0.1, 0.15) is 81.1 Å². The van der Waals surface area contributed by atoms with Crippen molar-refractivity contribution in [3.63, 3.8) is 0 Å². The summed E-state index contributed by atoms with van der Waals surface area (Å²) in [7, 11) is -1.71. The molecule has 0 saturated heterocycles. The van der Waals surface area contributed by atoms with E-state index in [4.69, 9.17) is 9.90 Å². The molecular formula is C47H49FIrN2OSi-2. The number of hydrogen-bond acceptors (Lipinski definition) is 3. The van der Waals surface area contributed by atoms with Gasteiger partial charge in [-0.25, -0.2) is 0 Å². The van der Waals surface area contributed by atoms with Gasteiger partial charge in [0.2, 0.25) is 0 Å². The Labute approximate surface area is 335 Å². The Morgan fingerprint density at radius 2 is 1.49 bits per heavy atom. The smallest absolute Gasteiger partial charge is 0.120 e. The SMILES string of the molecule is [2H]C(C)(C)c1ccc2oc3c[c-]c(-c4cc(C([2H])([2H])C(C)(C)C)ccn4)cc3c2c1.[2H]C(C)(c1ccccc1)c1cc(-c2[c-]cc(F)cc2)ncc1[Si](C)(C)C.[Ir]. The second-order valence-corrected chi connectivity index (χ2v) is 20.6. The van der Waals surface area contributed by atoms with Gasteiger partial charge >= 0.3 is 0 Å². The second kappa shape index (κ2) is 16.4. The second-order valence-electron chi connectivity index (χ2n) is 15.5. The molecule has 275 valence electrons. The molecule has 0 aliphatic heterocycles. The number of nitrogens with zero attached hydrogens (tertiary/aromatic N) is 2. The third-order valence-electron chi connectivity index (χ3n) is 8.91. The Balaban J connectivity index is 0.000000216. The standard InChI is InChI=1S/C25H26NO.C22H23FNSi.Ir/c1-16(2)18-6-8-23-20(13-18)21-14-19(7-9-24(21)27-23)22-12-17(10-11-26-22)15-25(3,4)5;1-16(17-8-6-5-7-9-17)20-14-21(18-10-12-19(23)13-11-18)24-15-22(20)25(2,3)4;/h6,8-14,16H,15H2,1-5H3;5-10,12-16H,1-4H3;/q2*-1;/i15D2,16D;16D;. The van der Waals surface area contributed by atoms with Crippen LogP contribution in [0.3, 0.4) is 0 Å². The predicted molar refractivity (Wildman–Crippen MR) is 218 cm³/mol. The Kier molecular flexibility index (Phi) is 10.7. The van der Waals surface area contributed by atoms with Crippen molar-refractivity contribution in [2.45, 2.75) is 79.3 Å². The maximum atomic E-state index is 13.2. The van der Waals surface area contributed by atoms with Gasteiger partial charge in [-0.15, -0.1) is 53.6 Å². The zero-order chi connectivity index (χ0) is 40.8. The third-order valence-corrected chi connectivity index (χ3v) is 10.9. The molecule has 3 heterocycles. The molecule has 53 heavy (non-hydrogen) atoms. The van der Waals surface area contributed by atoms with E-state index < -0.39 is 31.6 Å². The van der Waals surface area contributed by atoms with E-state index in [2.05, 4.69) is 41.7 Å². The molecule has 0 saturated carbocycles. The van der Waals surface area contributed by atoms with Gasteiger partial charge in [0.1, 0.15) is 5.58 Å². The van der Waals surface area contributed by atoms with Crippen LogP contribution >= 0.6 is 0 Å². The van der Waals surface area contributed by atoms with Gasteiger partial charge in [0.15, 0.2) is 0 Å². The van der Waals surface area contributed by atoms with Crippen LogP contribution in [-0.2, 0) is 26.5 Å². The van der Waals surface area contributed by atoms with Crippen molar-refractivity contribution in [1.29, 1.82) is 0 Å². The van der Waals surface area contributed by atoms with Crippen molar-refractivity contribution in [3.05, 3.63) is 150 Å². The predicted octanol–water partition coefficient (Wildman–Crippen LogP) is 12.5. The number of aromatic nitrogens is 2. The van der Waals surface area contributed by atoms with Crippen LogP contribution in [0.5, 0.6) is 0 Å². The Hall–Kier alpha value is -4.22. The van der Waals surface area contributed by atoms with Crippen LogP contribution in [0.4, 0.5) is 4.39 Å². The summed E-state index contributed by atoms with van der Waals surface area (Å²) in [5.41, 5.74) is 7.31. The fourth-order valence-corrected chi connectivity index (χ4v) is 7.71. The Morgan fingerprint density at radius 1 is 0.792 bits per heavy atom. The molecule has 0 N–H and O–H groups in total. The molecule has 3 nitrogen and oxygen atoms in total. The van der Waals surface area contributed by atoms with Crippen LogP contribution < -0.4 is 5.19 Å². The van der Waals surface area contributed by atoms with Crippen molar-refractivity contribution in [2.24, 2.45) is 5.41 Å². The zero-order valence-electron chi connectivity index (χ0n) is 35.9. The number of halogens is 1. The first-order chi connectivity index (χ1) is 26.1. The van der Waals surface area contributed by atoms with Gasteiger partial charge in [0, 0.05) is 55.1 Å². The van der Waals surface area contributed by atoms with E-state index in [0.29, 0.717) is 11.3 Å². The van der Waals surface area contributed by atoms with Crippen molar-refractivity contribution < 1.29 is 34.4 Å². The number of pyridine rings is 2. The van der Waals surface area contributed by atoms with Crippen LogP contribution in [-0.4, -0.2) is 18.0 Å². The first-order valence-electron chi connectivity index (χ1n) is 19.7. The molecule has 1 unspecified atom stereocenters. The normalized spacial score (nSPS) is 14.5. The van der Waals surface area contributed by atoms with Crippen molar-refractivity contribution in [3.8, 4) is 22.5 Å². The van der Waals surface area contributed by atoms with E-state index in [1.165, 1.54) is 17.3 Å². The molecule has 6 heteroatoms. The first-order valence-corrected chi connectivity index (χ1v) is 21.2. The largest absolute Gasteiger partial charge is 0.500 e. The maximum Gasteiger partial charge on any atom is 0.120 e. The number of fused-ring (bicyclic) bond motifs is 3. The average Bonchev–Trinajstić information content (AvgIpc) is 3.52. The van der Waals surface area contributed by atoms with Crippen molar-refractivity contribution in [1.82, 2.24) is 9.97 Å². The summed E-state index contributed by atoms with van der Waals surface area (Å²) in [5.74, 6) is -1.91. The van der Waals surface area contributed by atoms with E-state index in [0.717, 1.165) is 55.4 Å². The quantitative estimate of drug-likeness (QED) is 0.118. The van der Waals surface area contributed by atoms with Gasteiger partial charge < -0.3 is 14.4 Å². The maximum absolute atomic E-state index is 13.2. The summed E-state index contributed by atoms with van der Waals surface area (Å²) in [5, 5.41) is 3.07. The Bertz CT molecular complexity index is 2500. The fourth-order valence-electron chi connectivity index (χ4n) is 6.19. The van der Waals surface area contributed by atoms with E-state index >= 15 is 0 Å². The molecule has 0 aliphatic rings. The number of hydrogen-bond donors (Lipinski definition) is 0. The third kappa shape index (κ3) is 9.66. The molecule has 4 aromatic carbocycles. The van der Waals surface area contributed by atoms with Gasteiger partial charge in [-0.1, -0.05) is 121 Å². The van der Waals surface area contributed by atoms with Crippen LogP contribution in [0, 0.1) is 23.4 Å². The van der Waals surface area contributed by atoms with Crippen molar-refractivity contribution >= 4 is 35.2 Å². The molecule has 1 atom stereocenters. The van der Waals surface area contributed by atoms with Gasteiger partial charge in [0.25, 0.3) is 0 Å². The molecule has 0 amide bonds. The molecule has 3 aromatic heterocycles. The Morgan fingerprint density at radius 3 is 2.15 bits per heavy atom. The minimum atomic E-state index is -1.71. The van der Waals surface area contributed by atoms with Crippen molar-refractivity contribution in [2.75, 3.05) is 0 Å². The van der Waals surface area contributed by atoms with Gasteiger partial charge in [-0.2, -0.15) is 0 Å². The molecule has 7 aromatic rings. The molecule has 1 radical (unpaired) electrons. The summed E-state index contributed by atoms with van der Waals surface area (Å²) < 4.78 is 53.8. The number of rotatable bonds is 7. The summed E-state index contributed by atoms with van der Waals surface area (Å²) in [4.78, 5) is 9.09. The summed E-state index contributed by atoms with van der Waals surface area (Å²) >= 11 is 0. The molecular weight excluding hydrogens is 848 g/mol.